The van der Waals surface area contributed by atoms with Crippen LogP contribution in [0.25, 0.3) is 0 Å². The van der Waals surface area contributed by atoms with Gasteiger partial charge in [0.2, 0.25) is 10.0 Å². The zero-order valence-corrected chi connectivity index (χ0v) is 17.0. The number of carbonyl (C=O) groups is 1. The summed E-state index contributed by atoms with van der Waals surface area (Å²) < 4.78 is 27.1. The summed E-state index contributed by atoms with van der Waals surface area (Å²) in [6.07, 6.45) is 5.27. The van der Waals surface area contributed by atoms with Gasteiger partial charge < -0.3 is 5.32 Å². The zero-order valence-electron chi connectivity index (χ0n) is 15.4. The van der Waals surface area contributed by atoms with E-state index < -0.39 is 10.0 Å². The number of thioether (sulfide) groups is 1. The Morgan fingerprint density at radius 3 is 2.48 bits per heavy atom. The highest BCUT2D eigenvalue weighted by Gasteiger charge is 2.27. The molecule has 1 aromatic heterocycles. The number of anilines is 1. The van der Waals surface area contributed by atoms with Crippen LogP contribution in [0.3, 0.4) is 0 Å². The fourth-order valence-electron chi connectivity index (χ4n) is 3.01. The summed E-state index contributed by atoms with van der Waals surface area (Å²) in [6, 6.07) is 9.75. The maximum absolute atomic E-state index is 12.8. The molecule has 2 aromatic rings. The van der Waals surface area contributed by atoms with Crippen LogP contribution in [0.4, 0.5) is 5.69 Å². The van der Waals surface area contributed by atoms with Crippen LogP contribution in [0.15, 0.2) is 52.5 Å². The van der Waals surface area contributed by atoms with Crippen LogP contribution in [0, 0.1) is 5.92 Å². The monoisotopic (exact) mass is 405 g/mol. The Bertz CT molecular complexity index is 906. The Balaban J connectivity index is 1.72. The molecule has 0 aliphatic carbocycles. The molecule has 27 heavy (non-hydrogen) atoms. The summed E-state index contributed by atoms with van der Waals surface area (Å²) in [7, 11) is -3.49. The molecule has 1 aliphatic rings. The third kappa shape index (κ3) is 4.51. The van der Waals surface area contributed by atoms with E-state index >= 15 is 0 Å². The maximum Gasteiger partial charge on any atom is 0.258 e. The Labute approximate surface area is 164 Å². The topological polar surface area (TPSA) is 79.4 Å². The van der Waals surface area contributed by atoms with E-state index in [4.69, 9.17) is 0 Å². The van der Waals surface area contributed by atoms with Gasteiger partial charge in [-0.3, -0.25) is 4.79 Å². The fourth-order valence-corrected chi connectivity index (χ4v) is 5.03. The fraction of sp³-hybridized carbons (Fsp3) is 0.368. The van der Waals surface area contributed by atoms with E-state index in [1.54, 1.807) is 46.9 Å². The van der Waals surface area contributed by atoms with Crippen LogP contribution in [-0.4, -0.2) is 43.0 Å². The number of hydrogen-bond donors (Lipinski definition) is 1. The number of nitrogens with one attached hydrogen (secondary N) is 1. The number of carbonyl (C=O) groups excluding carboxylic acids is 1. The molecule has 1 saturated heterocycles. The van der Waals surface area contributed by atoms with Gasteiger partial charge in [0.1, 0.15) is 5.03 Å². The molecule has 0 bridgehead atoms. The zero-order chi connectivity index (χ0) is 19.4. The van der Waals surface area contributed by atoms with Gasteiger partial charge in [-0.05, 0) is 61.4 Å². The number of nitrogens with zero attached hydrogens (tertiary/aromatic N) is 2. The van der Waals surface area contributed by atoms with Gasteiger partial charge >= 0.3 is 0 Å². The van der Waals surface area contributed by atoms with E-state index in [0.717, 1.165) is 12.8 Å². The SMILES string of the molecule is CSc1ncccc1C(=O)Nc1ccc(S(=O)(=O)N2CCC(C)CC2)cc1. The molecule has 1 amide bonds. The second-order valence-corrected chi connectivity index (χ2v) is 9.36. The van der Waals surface area contributed by atoms with Gasteiger partial charge in [0.25, 0.3) is 5.91 Å². The molecular formula is C19H23N3O3S2. The van der Waals surface area contributed by atoms with Crippen LogP contribution in [-0.2, 0) is 10.0 Å². The number of amides is 1. The average Bonchev–Trinajstić information content (AvgIpc) is 2.68. The normalized spacial score (nSPS) is 16.2. The Morgan fingerprint density at radius 2 is 1.85 bits per heavy atom. The van der Waals surface area contributed by atoms with Crippen molar-refractivity contribution in [1.29, 1.82) is 0 Å². The third-order valence-electron chi connectivity index (χ3n) is 4.70. The van der Waals surface area contributed by atoms with Crippen molar-refractivity contribution in [2.75, 3.05) is 24.7 Å². The summed E-state index contributed by atoms with van der Waals surface area (Å²) >= 11 is 1.40. The molecule has 2 heterocycles. The molecule has 0 atom stereocenters. The van der Waals surface area contributed by atoms with Crippen LogP contribution < -0.4 is 5.32 Å². The first-order valence-corrected chi connectivity index (χ1v) is 11.5. The molecule has 3 rings (SSSR count). The Hall–Kier alpha value is -1.90. The van der Waals surface area contributed by atoms with Crippen molar-refractivity contribution in [1.82, 2.24) is 9.29 Å². The first-order valence-electron chi connectivity index (χ1n) is 8.82. The number of pyridine rings is 1. The summed E-state index contributed by atoms with van der Waals surface area (Å²) in [5, 5.41) is 3.44. The largest absolute Gasteiger partial charge is 0.322 e. The minimum Gasteiger partial charge on any atom is -0.322 e. The van der Waals surface area contributed by atoms with Crippen molar-refractivity contribution >= 4 is 33.4 Å². The van der Waals surface area contributed by atoms with Gasteiger partial charge in [0.15, 0.2) is 0 Å². The van der Waals surface area contributed by atoms with Crippen molar-refractivity contribution < 1.29 is 13.2 Å². The number of hydrogen-bond acceptors (Lipinski definition) is 5. The molecule has 0 saturated carbocycles. The van der Waals surface area contributed by atoms with Crippen molar-refractivity contribution in [3.63, 3.8) is 0 Å². The third-order valence-corrected chi connectivity index (χ3v) is 7.33. The van der Waals surface area contributed by atoms with Gasteiger partial charge in [0.05, 0.1) is 10.5 Å². The molecule has 144 valence electrons. The molecular weight excluding hydrogens is 382 g/mol. The lowest BCUT2D eigenvalue weighted by molar-refractivity contribution is 0.102. The summed E-state index contributed by atoms with van der Waals surface area (Å²) in [4.78, 5) is 16.9. The molecule has 8 heteroatoms. The Morgan fingerprint density at radius 1 is 1.19 bits per heavy atom. The molecule has 0 unspecified atom stereocenters. The van der Waals surface area contributed by atoms with Gasteiger partial charge in [-0.15, -0.1) is 11.8 Å². The molecule has 1 fully saturated rings. The molecule has 1 aromatic carbocycles. The van der Waals surface area contributed by atoms with Gasteiger partial charge in [0, 0.05) is 25.0 Å². The van der Waals surface area contributed by atoms with Crippen molar-refractivity contribution in [2.45, 2.75) is 29.7 Å². The van der Waals surface area contributed by atoms with E-state index in [2.05, 4.69) is 17.2 Å². The average molecular weight is 406 g/mol. The van der Waals surface area contributed by atoms with Crippen molar-refractivity contribution in [3.8, 4) is 0 Å². The highest BCUT2D eigenvalue weighted by atomic mass is 32.2. The second-order valence-electron chi connectivity index (χ2n) is 6.63. The highest BCUT2D eigenvalue weighted by Crippen LogP contribution is 2.25. The molecule has 0 spiro atoms. The smallest absolute Gasteiger partial charge is 0.258 e. The minimum absolute atomic E-state index is 0.251. The van der Waals surface area contributed by atoms with Crippen LogP contribution in [0.5, 0.6) is 0 Å². The van der Waals surface area contributed by atoms with Gasteiger partial charge in [-0.1, -0.05) is 6.92 Å². The van der Waals surface area contributed by atoms with Crippen LogP contribution in [0.2, 0.25) is 0 Å². The van der Waals surface area contributed by atoms with E-state index in [1.165, 1.54) is 11.8 Å². The summed E-state index contributed by atoms with van der Waals surface area (Å²) in [5.41, 5.74) is 1.03. The first-order chi connectivity index (χ1) is 12.9. The van der Waals surface area contributed by atoms with Crippen LogP contribution >= 0.6 is 11.8 Å². The lowest BCUT2D eigenvalue weighted by Gasteiger charge is -2.29. The van der Waals surface area contributed by atoms with E-state index in [0.29, 0.717) is 35.3 Å². The number of benzene rings is 1. The molecule has 1 N–H and O–H groups in total. The summed E-state index contributed by atoms with van der Waals surface area (Å²) in [6.45, 7) is 3.26. The predicted octanol–water partition coefficient (Wildman–Crippen LogP) is 3.48. The van der Waals surface area contributed by atoms with E-state index in [-0.39, 0.29) is 10.8 Å². The van der Waals surface area contributed by atoms with Crippen molar-refractivity contribution in [2.24, 2.45) is 5.92 Å². The van der Waals surface area contributed by atoms with Crippen LogP contribution in [0.1, 0.15) is 30.1 Å². The van der Waals surface area contributed by atoms with Crippen molar-refractivity contribution in [3.05, 3.63) is 48.2 Å². The first kappa shape index (κ1) is 19.9. The van der Waals surface area contributed by atoms with E-state index in [1.807, 2.05) is 6.26 Å². The number of aromatic nitrogens is 1. The number of piperidine rings is 1. The predicted molar refractivity (Wildman–Crippen MR) is 108 cm³/mol. The van der Waals surface area contributed by atoms with Gasteiger partial charge in [-0.25, -0.2) is 13.4 Å². The second kappa shape index (κ2) is 8.41. The molecule has 1 aliphatic heterocycles. The number of sulfonamides is 1. The highest BCUT2D eigenvalue weighted by molar-refractivity contribution is 7.98. The lowest BCUT2D eigenvalue weighted by Crippen LogP contribution is -2.37. The standard InChI is InChI=1S/C19H23N3O3S2/c1-14-9-12-22(13-10-14)27(24,25)16-7-5-15(6-8-16)21-18(23)17-4-3-11-20-19(17)26-2/h3-8,11,14H,9-10,12-13H2,1-2H3,(H,21,23). The lowest BCUT2D eigenvalue weighted by atomic mass is 10.0. The van der Waals surface area contributed by atoms with Gasteiger partial charge in [-0.2, -0.15) is 4.31 Å². The molecule has 0 radical (unpaired) electrons. The Kier molecular flexibility index (Phi) is 6.18. The summed E-state index contributed by atoms with van der Waals surface area (Å²) in [5.74, 6) is 0.292. The quantitative estimate of drug-likeness (QED) is 0.771. The minimum atomic E-state index is -3.49. The molecule has 6 nitrogen and oxygen atoms in total. The maximum atomic E-state index is 12.8. The van der Waals surface area contributed by atoms with E-state index in [9.17, 15) is 13.2 Å². The number of rotatable bonds is 5.